The van der Waals surface area contributed by atoms with Gasteiger partial charge >= 0.3 is 0 Å². The predicted molar refractivity (Wildman–Crippen MR) is 123 cm³/mol. The summed E-state index contributed by atoms with van der Waals surface area (Å²) in [7, 11) is 1.96. The van der Waals surface area contributed by atoms with Crippen LogP contribution >= 0.6 is 23.5 Å². The predicted octanol–water partition coefficient (Wildman–Crippen LogP) is 6.00. The zero-order chi connectivity index (χ0) is 20.7. The van der Waals surface area contributed by atoms with Gasteiger partial charge in [-0.2, -0.15) is 0 Å². The third-order valence-electron chi connectivity index (χ3n) is 4.78. The molecule has 0 atom stereocenters. The quantitative estimate of drug-likeness (QED) is 0.464. The molecular formula is C23H16FN3OS2. The number of thioether (sulfide) groups is 2. The van der Waals surface area contributed by atoms with Gasteiger partial charge in [0.2, 0.25) is 0 Å². The van der Waals surface area contributed by atoms with Gasteiger partial charge in [0.25, 0.3) is 5.91 Å². The molecule has 0 bridgehead atoms. The van der Waals surface area contributed by atoms with Crippen molar-refractivity contribution < 1.29 is 9.18 Å². The van der Waals surface area contributed by atoms with Gasteiger partial charge in [-0.25, -0.2) is 9.38 Å². The van der Waals surface area contributed by atoms with Crippen LogP contribution in [0.2, 0.25) is 0 Å². The second kappa shape index (κ2) is 7.66. The summed E-state index contributed by atoms with van der Waals surface area (Å²) in [6.07, 6.45) is 0. The summed E-state index contributed by atoms with van der Waals surface area (Å²) in [6, 6.07) is 23.5. The van der Waals surface area contributed by atoms with Gasteiger partial charge in [0.1, 0.15) is 10.7 Å². The lowest BCUT2D eigenvalue weighted by Crippen LogP contribution is -2.29. The van der Waals surface area contributed by atoms with Crippen LogP contribution in [0.4, 0.5) is 21.5 Å². The van der Waals surface area contributed by atoms with Crippen molar-refractivity contribution >= 4 is 51.7 Å². The molecule has 7 heteroatoms. The molecule has 3 aromatic rings. The van der Waals surface area contributed by atoms with E-state index in [1.165, 1.54) is 23.9 Å². The minimum absolute atomic E-state index is 0.163. The highest BCUT2D eigenvalue weighted by Gasteiger charge is 2.40. The fourth-order valence-corrected chi connectivity index (χ4v) is 5.65. The number of hydrogen-bond donors (Lipinski definition) is 0. The highest BCUT2D eigenvalue weighted by Crippen LogP contribution is 2.50. The standard InChI is InChI=1S/C23H16FN3OS2/c1-26-18-9-5-6-10-19(18)29-22(26)20-21(28)27(17-13-11-15(24)12-14-17)23(30-20)25-16-7-3-2-4-8-16/h2-14H,1H3/b22-20-,25-23?. The van der Waals surface area contributed by atoms with Gasteiger partial charge in [0.15, 0.2) is 5.17 Å². The van der Waals surface area contributed by atoms with E-state index in [9.17, 15) is 9.18 Å². The van der Waals surface area contributed by atoms with Gasteiger partial charge in [-0.05, 0) is 60.3 Å². The number of aliphatic imine (C=N–C) groups is 1. The van der Waals surface area contributed by atoms with Crippen LogP contribution in [-0.4, -0.2) is 18.1 Å². The molecular weight excluding hydrogens is 417 g/mol. The Kier molecular flexibility index (Phi) is 4.84. The molecule has 1 fully saturated rings. The monoisotopic (exact) mass is 433 g/mol. The van der Waals surface area contributed by atoms with Crippen molar-refractivity contribution in [2.45, 2.75) is 4.90 Å². The number of rotatable bonds is 2. The van der Waals surface area contributed by atoms with E-state index >= 15 is 0 Å². The van der Waals surface area contributed by atoms with Crippen molar-refractivity contribution in [1.29, 1.82) is 0 Å². The molecule has 1 amide bonds. The number of nitrogens with zero attached hydrogens (tertiary/aromatic N) is 3. The first-order chi connectivity index (χ1) is 14.6. The molecule has 5 rings (SSSR count). The Morgan fingerprint density at radius 2 is 1.57 bits per heavy atom. The highest BCUT2D eigenvalue weighted by atomic mass is 32.2. The number of halogens is 1. The Hall–Kier alpha value is -3.03. The van der Waals surface area contributed by atoms with Crippen molar-refractivity contribution in [3.63, 3.8) is 0 Å². The number of benzene rings is 3. The number of fused-ring (bicyclic) bond motifs is 1. The molecule has 4 nitrogen and oxygen atoms in total. The van der Waals surface area contributed by atoms with Crippen molar-refractivity contribution in [3.8, 4) is 0 Å². The van der Waals surface area contributed by atoms with E-state index < -0.39 is 0 Å². The van der Waals surface area contributed by atoms with Crippen molar-refractivity contribution in [2.75, 3.05) is 16.8 Å². The van der Waals surface area contributed by atoms with Gasteiger partial charge in [0.05, 0.1) is 22.1 Å². The first-order valence-electron chi connectivity index (χ1n) is 9.28. The normalized spacial score (nSPS) is 19.7. The van der Waals surface area contributed by atoms with Crippen molar-refractivity contribution in [3.05, 3.63) is 94.6 Å². The second-order valence-electron chi connectivity index (χ2n) is 6.71. The smallest absolute Gasteiger partial charge is 0.274 e. The Morgan fingerprint density at radius 1 is 0.867 bits per heavy atom. The highest BCUT2D eigenvalue weighted by molar-refractivity contribution is 8.20. The molecule has 2 aliphatic heterocycles. The van der Waals surface area contributed by atoms with Crippen LogP contribution in [-0.2, 0) is 4.79 Å². The van der Waals surface area contributed by atoms with Crippen LogP contribution in [0.3, 0.4) is 0 Å². The molecule has 0 saturated carbocycles. The number of anilines is 2. The topological polar surface area (TPSA) is 35.9 Å². The average molecular weight is 434 g/mol. The van der Waals surface area contributed by atoms with E-state index in [2.05, 4.69) is 0 Å². The summed E-state index contributed by atoms with van der Waals surface area (Å²) in [4.78, 5) is 23.5. The minimum Gasteiger partial charge on any atom is -0.337 e. The SMILES string of the molecule is CN1/C(=C2/SC(=Nc3ccccc3)N(c3ccc(F)cc3)C2=O)Sc2ccccc21. The maximum atomic E-state index is 13.5. The number of amides is 1. The van der Waals surface area contributed by atoms with Crippen LogP contribution in [0.5, 0.6) is 0 Å². The van der Waals surface area contributed by atoms with Crippen LogP contribution in [0.15, 0.2) is 98.7 Å². The van der Waals surface area contributed by atoms with E-state index in [1.54, 1.807) is 28.8 Å². The molecule has 0 aromatic heterocycles. The zero-order valence-corrected chi connectivity index (χ0v) is 17.6. The van der Waals surface area contributed by atoms with E-state index in [-0.39, 0.29) is 11.7 Å². The molecule has 2 heterocycles. The summed E-state index contributed by atoms with van der Waals surface area (Å²) < 4.78 is 13.5. The molecule has 1 saturated heterocycles. The Labute approximate surface area is 182 Å². The number of carbonyl (C=O) groups is 1. The van der Waals surface area contributed by atoms with Gasteiger partial charge in [-0.1, -0.05) is 42.1 Å². The second-order valence-corrected chi connectivity index (χ2v) is 8.72. The summed E-state index contributed by atoms with van der Waals surface area (Å²) in [5, 5.41) is 1.42. The Bertz CT molecular complexity index is 1190. The molecule has 30 heavy (non-hydrogen) atoms. The third kappa shape index (κ3) is 3.30. The van der Waals surface area contributed by atoms with Gasteiger partial charge in [-0.3, -0.25) is 9.69 Å². The van der Waals surface area contributed by atoms with Crippen LogP contribution < -0.4 is 9.80 Å². The summed E-state index contributed by atoms with van der Waals surface area (Å²) in [6.45, 7) is 0. The summed E-state index contributed by atoms with van der Waals surface area (Å²) in [5.41, 5.74) is 2.41. The molecule has 148 valence electrons. The molecule has 0 radical (unpaired) electrons. The lowest BCUT2D eigenvalue weighted by atomic mass is 10.3. The molecule has 0 aliphatic carbocycles. The van der Waals surface area contributed by atoms with Crippen LogP contribution in [0.1, 0.15) is 0 Å². The molecule has 0 N–H and O–H groups in total. The van der Waals surface area contributed by atoms with Gasteiger partial charge in [0, 0.05) is 11.9 Å². The first kappa shape index (κ1) is 19.0. The van der Waals surface area contributed by atoms with Crippen LogP contribution in [0.25, 0.3) is 0 Å². The Balaban J connectivity index is 1.61. The van der Waals surface area contributed by atoms with E-state index in [4.69, 9.17) is 4.99 Å². The summed E-state index contributed by atoms with van der Waals surface area (Å²) in [5.74, 6) is -0.511. The number of para-hydroxylation sites is 2. The van der Waals surface area contributed by atoms with E-state index in [0.29, 0.717) is 15.8 Å². The van der Waals surface area contributed by atoms with Crippen molar-refractivity contribution in [1.82, 2.24) is 0 Å². The average Bonchev–Trinajstić information content (AvgIpc) is 3.26. The minimum atomic E-state index is -0.347. The maximum Gasteiger partial charge on any atom is 0.274 e. The number of amidine groups is 1. The van der Waals surface area contributed by atoms with Gasteiger partial charge in [-0.15, -0.1) is 0 Å². The molecule has 0 spiro atoms. The number of carbonyl (C=O) groups excluding carboxylic acids is 1. The molecule has 3 aromatic carbocycles. The summed E-state index contributed by atoms with van der Waals surface area (Å²) >= 11 is 2.92. The fraction of sp³-hybridized carbons (Fsp3) is 0.0435. The number of hydrogen-bond acceptors (Lipinski definition) is 5. The fourth-order valence-electron chi connectivity index (χ4n) is 3.31. The van der Waals surface area contributed by atoms with Gasteiger partial charge < -0.3 is 4.90 Å². The lowest BCUT2D eigenvalue weighted by Gasteiger charge is -2.16. The molecule has 2 aliphatic rings. The first-order valence-corrected chi connectivity index (χ1v) is 10.9. The van der Waals surface area contributed by atoms with Crippen LogP contribution in [0, 0.1) is 5.82 Å². The van der Waals surface area contributed by atoms with E-state index in [1.807, 2.05) is 66.5 Å². The van der Waals surface area contributed by atoms with Crippen molar-refractivity contribution in [2.24, 2.45) is 4.99 Å². The lowest BCUT2D eigenvalue weighted by molar-refractivity contribution is -0.113. The zero-order valence-electron chi connectivity index (χ0n) is 15.9. The third-order valence-corrected chi connectivity index (χ3v) is 7.17. The molecule has 0 unspecified atom stereocenters. The largest absolute Gasteiger partial charge is 0.337 e. The maximum absolute atomic E-state index is 13.5. The Morgan fingerprint density at radius 3 is 2.30 bits per heavy atom. The van der Waals surface area contributed by atoms with E-state index in [0.717, 1.165) is 21.3 Å².